The second-order valence-electron chi connectivity index (χ2n) is 4.20. The Kier molecular flexibility index (Phi) is 13.0. The van der Waals surface area contributed by atoms with Crippen LogP contribution < -0.4 is 12.4 Å². The van der Waals surface area contributed by atoms with E-state index in [-0.39, 0.29) is 35.5 Å². The Morgan fingerprint density at radius 2 is 1.55 bits per heavy atom. The predicted octanol–water partition coefficient (Wildman–Crippen LogP) is -0.263. The largest absolute Gasteiger partial charge is 2.00 e. The van der Waals surface area contributed by atoms with E-state index in [2.05, 4.69) is 39.5 Å². The van der Waals surface area contributed by atoms with Gasteiger partial charge in [0.25, 0.3) is 0 Å². The molecule has 0 saturated carbocycles. The van der Waals surface area contributed by atoms with E-state index in [1.54, 1.807) is 0 Å². The molecule has 64 valence electrons. The molecule has 0 fully saturated rings. The summed E-state index contributed by atoms with van der Waals surface area (Å²) in [5, 5.41) is 0. The molecule has 0 amide bonds. The molecular weight excluding hydrogens is 184 g/mol. The van der Waals surface area contributed by atoms with Crippen LogP contribution >= 0.6 is 0 Å². The van der Waals surface area contributed by atoms with Crippen molar-refractivity contribution < 1.29 is 12.4 Å². The van der Waals surface area contributed by atoms with Crippen LogP contribution in [0.15, 0.2) is 0 Å². The summed E-state index contributed by atoms with van der Waals surface area (Å²) in [6, 6.07) is 2.53. The second kappa shape index (κ2) is 7.90. The first-order chi connectivity index (χ1) is 3.92. The van der Waals surface area contributed by atoms with Crippen molar-refractivity contribution in [3.63, 3.8) is 0 Å². The molecule has 0 aromatic carbocycles. The monoisotopic (exact) mass is 202 g/mol. The van der Waals surface area contributed by atoms with Crippen LogP contribution in [0.25, 0.3) is 0 Å². The van der Waals surface area contributed by atoms with Crippen molar-refractivity contribution in [1.29, 1.82) is 0 Å². The van der Waals surface area contributed by atoms with Gasteiger partial charge in [0.15, 0.2) is 0 Å². The van der Waals surface area contributed by atoms with Gasteiger partial charge >= 0.3 is 23.1 Å². The van der Waals surface area contributed by atoms with Gasteiger partial charge in [0.2, 0.25) is 0 Å². The summed E-state index contributed by atoms with van der Waals surface area (Å²) in [6.45, 7) is 11.7. The summed E-state index contributed by atoms with van der Waals surface area (Å²) in [4.78, 5) is 0. The summed E-state index contributed by atoms with van der Waals surface area (Å²) in [5.41, 5.74) is 0. The van der Waals surface area contributed by atoms with Gasteiger partial charge in [-0.1, -0.05) is 39.4 Å². The van der Waals surface area contributed by atoms with Crippen molar-refractivity contribution >= 4 is 31.1 Å². The van der Waals surface area contributed by atoms with E-state index in [0.29, 0.717) is 0 Å². The van der Waals surface area contributed by atoms with Gasteiger partial charge in [-0.15, -0.1) is 8.07 Å². The Morgan fingerprint density at radius 1 is 1.18 bits per heavy atom. The third kappa shape index (κ3) is 18.3. The molecule has 0 spiro atoms. The smallest absolute Gasteiger partial charge is 1.00 e. The van der Waals surface area contributed by atoms with Crippen molar-refractivity contribution in [3.05, 3.63) is 6.04 Å². The molecule has 0 bridgehead atoms. The number of hydrogen-bond donors (Lipinski definition) is 0. The molecule has 11 heavy (non-hydrogen) atoms. The van der Waals surface area contributed by atoms with E-state index >= 15 is 0 Å². The first kappa shape index (κ1) is 18.1. The number of rotatable bonds is 3. The Hall–Kier alpha value is 1.27. The predicted molar refractivity (Wildman–Crippen MR) is 52.9 cm³/mol. The van der Waals surface area contributed by atoms with Crippen molar-refractivity contribution in [2.75, 3.05) is 0 Å². The van der Waals surface area contributed by atoms with Gasteiger partial charge in [-0.2, -0.15) is 6.42 Å². The molecule has 0 heterocycles. The molecule has 0 aliphatic carbocycles. The van der Waals surface area contributed by atoms with E-state index in [9.17, 15) is 0 Å². The molecule has 0 unspecified atom stereocenters. The van der Waals surface area contributed by atoms with Crippen molar-refractivity contribution in [2.24, 2.45) is 5.92 Å². The van der Waals surface area contributed by atoms with Gasteiger partial charge in [0.05, 0.1) is 0 Å². The first-order valence-corrected chi connectivity index (χ1v) is 7.34. The molecule has 0 aliphatic rings. The zero-order valence-electron chi connectivity index (χ0n) is 8.45. The fourth-order valence-corrected chi connectivity index (χ4v) is 1.77. The molecule has 0 rings (SSSR count). The van der Waals surface area contributed by atoms with Crippen molar-refractivity contribution in [1.82, 2.24) is 0 Å². The van der Waals surface area contributed by atoms with E-state index in [4.69, 9.17) is 0 Å². The van der Waals surface area contributed by atoms with Gasteiger partial charge in [-0.25, -0.2) is 0 Å². The summed E-state index contributed by atoms with van der Waals surface area (Å²) < 4.78 is 0. The van der Waals surface area contributed by atoms with E-state index < -0.39 is 8.07 Å². The van der Waals surface area contributed by atoms with Crippen LogP contribution in [0.2, 0.25) is 19.6 Å². The molecule has 0 atom stereocenters. The SMILES string of the molecule is CC(C)C[CH-][Si](C)(C)C.[Cl-].[Mg+2]. The first-order valence-electron chi connectivity index (χ1n) is 3.76. The van der Waals surface area contributed by atoms with Crippen molar-refractivity contribution in [2.45, 2.75) is 39.9 Å². The van der Waals surface area contributed by atoms with Gasteiger partial charge in [0.1, 0.15) is 0 Å². The zero-order chi connectivity index (χ0) is 7.49. The van der Waals surface area contributed by atoms with Crippen LogP contribution in [0.1, 0.15) is 20.3 Å². The standard InChI is InChI=1S/C8H19Si.ClH.Mg/c1-8(2)6-7-9(3,4)5;;/h7-8H,6H2,1-5H3;1H;/q-1;;+2/p-1. The minimum atomic E-state index is -0.845. The van der Waals surface area contributed by atoms with Crippen LogP contribution in [0.3, 0.4) is 0 Å². The molecule has 3 heteroatoms. The third-order valence-electron chi connectivity index (χ3n) is 1.20. The van der Waals surface area contributed by atoms with Crippen LogP contribution in [0.5, 0.6) is 0 Å². The van der Waals surface area contributed by atoms with Crippen LogP contribution in [0.4, 0.5) is 0 Å². The maximum atomic E-state index is 2.53. The summed E-state index contributed by atoms with van der Waals surface area (Å²) in [7, 11) is -0.845. The minimum absolute atomic E-state index is 0. The third-order valence-corrected chi connectivity index (χ3v) is 2.66. The van der Waals surface area contributed by atoms with E-state index in [1.165, 1.54) is 6.42 Å². The number of hydrogen-bond acceptors (Lipinski definition) is 0. The summed E-state index contributed by atoms with van der Waals surface area (Å²) in [5.74, 6) is 0.844. The molecule has 0 nitrogen and oxygen atoms in total. The molecule has 0 radical (unpaired) electrons. The Balaban J connectivity index is -0.000000320. The number of halogens is 1. The minimum Gasteiger partial charge on any atom is -1.00 e. The molecule has 0 saturated heterocycles. The average molecular weight is 203 g/mol. The Bertz CT molecular complexity index is 78.7. The van der Waals surface area contributed by atoms with Crippen LogP contribution in [-0.4, -0.2) is 31.1 Å². The summed E-state index contributed by atoms with van der Waals surface area (Å²) in [6.07, 6.45) is 1.30. The van der Waals surface area contributed by atoms with Gasteiger partial charge < -0.3 is 18.5 Å². The average Bonchev–Trinajstić information content (AvgIpc) is 1.59. The Morgan fingerprint density at radius 3 is 1.64 bits per heavy atom. The molecule has 0 aromatic heterocycles. The van der Waals surface area contributed by atoms with E-state index in [1.807, 2.05) is 0 Å². The van der Waals surface area contributed by atoms with Crippen LogP contribution in [0, 0.1) is 12.0 Å². The molecular formula is C8H19ClMgSi. The Labute approximate surface area is 95.1 Å². The van der Waals surface area contributed by atoms with Crippen molar-refractivity contribution in [3.8, 4) is 0 Å². The second-order valence-corrected chi connectivity index (χ2v) is 9.34. The maximum Gasteiger partial charge on any atom is 2.00 e. The molecule has 0 N–H and O–H groups in total. The topological polar surface area (TPSA) is 0 Å². The maximum absolute atomic E-state index is 2.53. The van der Waals surface area contributed by atoms with E-state index in [0.717, 1.165) is 5.92 Å². The van der Waals surface area contributed by atoms with Gasteiger partial charge in [-0.05, 0) is 0 Å². The van der Waals surface area contributed by atoms with Crippen LogP contribution in [-0.2, 0) is 0 Å². The fraction of sp³-hybridized carbons (Fsp3) is 0.875. The zero-order valence-corrected chi connectivity index (χ0v) is 11.6. The molecule has 0 aromatic rings. The summed E-state index contributed by atoms with van der Waals surface area (Å²) >= 11 is 0. The molecule has 0 aliphatic heterocycles. The van der Waals surface area contributed by atoms with Gasteiger partial charge in [-0.3, -0.25) is 0 Å². The quantitative estimate of drug-likeness (QED) is 0.438. The van der Waals surface area contributed by atoms with Gasteiger partial charge in [0, 0.05) is 0 Å². The fourth-order valence-electron chi connectivity index (χ4n) is 0.589. The normalized spacial score (nSPS) is 10.4.